The number of rotatable bonds is 5. The van der Waals surface area contributed by atoms with E-state index >= 15 is 0 Å². The maximum Gasteiger partial charge on any atom is 0.272 e. The lowest BCUT2D eigenvalue weighted by molar-refractivity contribution is 0.0947. The van der Waals surface area contributed by atoms with E-state index in [0.717, 1.165) is 27.5 Å². The minimum absolute atomic E-state index is 0.192. The highest BCUT2D eigenvalue weighted by atomic mass is 32.1. The summed E-state index contributed by atoms with van der Waals surface area (Å²) in [7, 11) is 1.63. The van der Waals surface area contributed by atoms with Crippen LogP contribution in [-0.2, 0) is 6.54 Å². The van der Waals surface area contributed by atoms with E-state index in [1.807, 2.05) is 70.6 Å². The fourth-order valence-electron chi connectivity index (χ4n) is 2.86. The summed E-state index contributed by atoms with van der Waals surface area (Å²) in [5.74, 6) is 0.576. The van der Waals surface area contributed by atoms with Crippen molar-refractivity contribution in [1.29, 1.82) is 0 Å². The van der Waals surface area contributed by atoms with Crippen molar-refractivity contribution in [3.8, 4) is 17.0 Å². The van der Waals surface area contributed by atoms with Crippen molar-refractivity contribution in [1.82, 2.24) is 14.7 Å². The number of imidazole rings is 1. The van der Waals surface area contributed by atoms with Crippen LogP contribution in [0.5, 0.6) is 5.75 Å². The first kappa shape index (κ1) is 16.4. The average molecular weight is 363 g/mol. The molecule has 0 saturated heterocycles. The van der Waals surface area contributed by atoms with Gasteiger partial charge in [0, 0.05) is 23.7 Å². The second kappa shape index (κ2) is 7.01. The maximum atomic E-state index is 12.8. The van der Waals surface area contributed by atoms with Gasteiger partial charge in [-0.15, -0.1) is 11.3 Å². The van der Waals surface area contributed by atoms with Gasteiger partial charge in [-0.3, -0.25) is 9.20 Å². The zero-order valence-corrected chi connectivity index (χ0v) is 15.0. The number of carbonyl (C=O) groups is 1. The van der Waals surface area contributed by atoms with Crippen molar-refractivity contribution in [3.05, 3.63) is 77.4 Å². The second-order valence-corrected chi connectivity index (χ2v) is 6.64. The lowest BCUT2D eigenvalue weighted by atomic mass is 10.1. The van der Waals surface area contributed by atoms with Crippen LogP contribution in [0.3, 0.4) is 0 Å². The molecule has 0 saturated carbocycles. The summed E-state index contributed by atoms with van der Waals surface area (Å²) in [4.78, 5) is 18.2. The Bertz CT molecular complexity index is 1050. The fraction of sp³-hybridized carbons (Fsp3) is 0.100. The number of ether oxygens (including phenoxy) is 1. The lowest BCUT2D eigenvalue weighted by Gasteiger charge is -2.08. The van der Waals surface area contributed by atoms with Crippen molar-refractivity contribution in [3.63, 3.8) is 0 Å². The van der Waals surface area contributed by atoms with Crippen molar-refractivity contribution in [2.75, 3.05) is 7.11 Å². The van der Waals surface area contributed by atoms with Crippen LogP contribution in [0.25, 0.3) is 16.2 Å². The Morgan fingerprint density at radius 3 is 2.85 bits per heavy atom. The molecule has 1 N–H and O–H groups in total. The summed E-state index contributed by atoms with van der Waals surface area (Å²) in [5, 5.41) is 4.93. The van der Waals surface area contributed by atoms with E-state index in [1.165, 1.54) is 11.3 Å². The number of amides is 1. The topological polar surface area (TPSA) is 55.6 Å². The van der Waals surface area contributed by atoms with E-state index < -0.39 is 0 Å². The van der Waals surface area contributed by atoms with Gasteiger partial charge in [0.05, 0.1) is 12.8 Å². The molecule has 0 spiro atoms. The van der Waals surface area contributed by atoms with Gasteiger partial charge >= 0.3 is 0 Å². The number of nitrogens with zero attached hydrogens (tertiary/aromatic N) is 2. The molecular weight excluding hydrogens is 346 g/mol. The fourth-order valence-corrected chi connectivity index (χ4v) is 3.58. The summed E-state index contributed by atoms with van der Waals surface area (Å²) in [6.45, 7) is 0.412. The van der Waals surface area contributed by atoms with Gasteiger partial charge in [0.2, 0.25) is 0 Å². The molecule has 1 amide bonds. The van der Waals surface area contributed by atoms with Crippen LogP contribution < -0.4 is 10.1 Å². The third-order valence-corrected chi connectivity index (χ3v) is 4.87. The predicted octanol–water partition coefficient (Wildman–Crippen LogP) is 4.00. The number of fused-ring (bicyclic) bond motifs is 1. The van der Waals surface area contributed by atoms with E-state index in [-0.39, 0.29) is 5.91 Å². The number of hydrogen-bond acceptors (Lipinski definition) is 4. The van der Waals surface area contributed by atoms with Crippen molar-refractivity contribution < 1.29 is 9.53 Å². The van der Waals surface area contributed by atoms with E-state index in [4.69, 9.17) is 4.74 Å². The Hall–Kier alpha value is -3.12. The van der Waals surface area contributed by atoms with Gasteiger partial charge in [0.1, 0.15) is 5.75 Å². The first-order valence-corrected chi connectivity index (χ1v) is 9.06. The standard InChI is InChI=1S/C20H17N3O2S/c1-25-16-9-5-6-14(12-16)13-21-19(24)17-18(15-7-3-2-4-8-15)23-10-11-26-20(23)22-17/h2-12H,13H2,1H3,(H,21,24). The van der Waals surface area contributed by atoms with E-state index in [0.29, 0.717) is 12.2 Å². The van der Waals surface area contributed by atoms with Gasteiger partial charge in [-0.2, -0.15) is 0 Å². The Kier molecular flexibility index (Phi) is 4.41. The molecular formula is C20H17N3O2S. The van der Waals surface area contributed by atoms with E-state index in [1.54, 1.807) is 7.11 Å². The smallest absolute Gasteiger partial charge is 0.272 e. The zero-order valence-electron chi connectivity index (χ0n) is 14.2. The number of thiazole rings is 1. The molecule has 0 fully saturated rings. The monoisotopic (exact) mass is 363 g/mol. The molecule has 0 bridgehead atoms. The Morgan fingerprint density at radius 2 is 2.04 bits per heavy atom. The summed E-state index contributed by atoms with van der Waals surface area (Å²) in [6, 6.07) is 17.5. The molecule has 0 radical (unpaired) electrons. The second-order valence-electron chi connectivity index (χ2n) is 5.76. The third-order valence-electron chi connectivity index (χ3n) is 4.11. The van der Waals surface area contributed by atoms with Crippen molar-refractivity contribution in [2.45, 2.75) is 6.54 Å². The lowest BCUT2D eigenvalue weighted by Crippen LogP contribution is -2.23. The maximum absolute atomic E-state index is 12.8. The quantitative estimate of drug-likeness (QED) is 0.583. The van der Waals surface area contributed by atoms with Gasteiger partial charge in [-0.1, -0.05) is 42.5 Å². The summed E-state index contributed by atoms with van der Waals surface area (Å²) in [5.41, 5.74) is 3.18. The van der Waals surface area contributed by atoms with Crippen LogP contribution in [0.1, 0.15) is 16.1 Å². The van der Waals surface area contributed by atoms with Gasteiger partial charge in [0.15, 0.2) is 10.7 Å². The molecule has 0 aliphatic rings. The number of methoxy groups -OCH3 is 1. The highest BCUT2D eigenvalue weighted by Crippen LogP contribution is 2.27. The van der Waals surface area contributed by atoms with Gasteiger partial charge in [0.25, 0.3) is 5.91 Å². The number of aromatic nitrogens is 2. The summed E-state index contributed by atoms with van der Waals surface area (Å²) < 4.78 is 7.18. The van der Waals surface area contributed by atoms with Gasteiger partial charge in [-0.05, 0) is 17.7 Å². The van der Waals surface area contributed by atoms with Crippen LogP contribution in [0.2, 0.25) is 0 Å². The minimum atomic E-state index is -0.192. The molecule has 0 unspecified atom stereocenters. The first-order chi connectivity index (χ1) is 12.8. The van der Waals surface area contributed by atoms with Crippen LogP contribution in [0.15, 0.2) is 66.2 Å². The molecule has 4 rings (SSSR count). The van der Waals surface area contributed by atoms with Crippen LogP contribution in [0.4, 0.5) is 0 Å². The Labute approximate surface area is 154 Å². The normalized spacial score (nSPS) is 10.8. The van der Waals surface area contributed by atoms with E-state index in [2.05, 4.69) is 10.3 Å². The predicted molar refractivity (Wildman–Crippen MR) is 103 cm³/mol. The molecule has 2 aromatic carbocycles. The number of nitrogens with one attached hydrogen (secondary N) is 1. The number of benzene rings is 2. The number of hydrogen-bond donors (Lipinski definition) is 1. The Balaban J connectivity index is 1.63. The Morgan fingerprint density at radius 1 is 1.19 bits per heavy atom. The van der Waals surface area contributed by atoms with Crippen molar-refractivity contribution >= 4 is 22.2 Å². The van der Waals surface area contributed by atoms with E-state index in [9.17, 15) is 4.79 Å². The molecule has 26 heavy (non-hydrogen) atoms. The molecule has 5 nitrogen and oxygen atoms in total. The SMILES string of the molecule is COc1cccc(CNC(=O)c2nc3sccn3c2-c2ccccc2)c1. The molecule has 0 aliphatic heterocycles. The summed E-state index contributed by atoms with van der Waals surface area (Å²) >= 11 is 1.51. The van der Waals surface area contributed by atoms with Crippen LogP contribution in [0, 0.1) is 0 Å². The van der Waals surface area contributed by atoms with Crippen molar-refractivity contribution in [2.24, 2.45) is 0 Å². The molecule has 2 aromatic heterocycles. The minimum Gasteiger partial charge on any atom is -0.497 e. The molecule has 4 aromatic rings. The average Bonchev–Trinajstić information content (AvgIpc) is 3.28. The number of carbonyl (C=O) groups excluding carboxylic acids is 1. The summed E-state index contributed by atoms with van der Waals surface area (Å²) in [6.07, 6.45) is 1.94. The zero-order chi connectivity index (χ0) is 17.9. The molecule has 6 heteroatoms. The highest BCUT2D eigenvalue weighted by molar-refractivity contribution is 7.15. The van der Waals surface area contributed by atoms with Crippen LogP contribution >= 0.6 is 11.3 Å². The van der Waals surface area contributed by atoms with Gasteiger partial charge in [-0.25, -0.2) is 4.98 Å². The molecule has 2 heterocycles. The molecule has 0 atom stereocenters. The highest BCUT2D eigenvalue weighted by Gasteiger charge is 2.20. The third kappa shape index (κ3) is 3.07. The molecule has 130 valence electrons. The first-order valence-electron chi connectivity index (χ1n) is 8.18. The largest absolute Gasteiger partial charge is 0.497 e. The molecule has 0 aliphatic carbocycles. The van der Waals surface area contributed by atoms with Gasteiger partial charge < -0.3 is 10.1 Å². The van der Waals surface area contributed by atoms with Crippen LogP contribution in [-0.4, -0.2) is 22.4 Å².